The van der Waals surface area contributed by atoms with Crippen molar-refractivity contribution < 1.29 is 22.7 Å². The zero-order valence-corrected chi connectivity index (χ0v) is 18.6. The fraction of sp³-hybridized carbons (Fsp3) is 0.500. The molecule has 29 heavy (non-hydrogen) atoms. The minimum atomic E-state index is -3.15. The third-order valence-corrected chi connectivity index (χ3v) is 7.64. The lowest BCUT2D eigenvalue weighted by molar-refractivity contribution is -0.117. The van der Waals surface area contributed by atoms with Crippen LogP contribution in [0.2, 0.25) is 5.02 Å². The Labute approximate surface area is 178 Å². The standard InChI is InChI=1S/C18H22ClN3O5S2/c1-18(2,3)27-17(24)20-8-15(23)21-16-22(12-6-4-11(19)5-7-12)13-9-29(25,26)10-14(13)28-16/h4-7,13-14H,8-10H2,1-3H3,(H,20,24)/t13-,14-/m1/s1. The summed E-state index contributed by atoms with van der Waals surface area (Å²) in [6.07, 6.45) is -0.706. The number of nitrogens with one attached hydrogen (secondary N) is 1. The van der Waals surface area contributed by atoms with Gasteiger partial charge >= 0.3 is 6.09 Å². The van der Waals surface area contributed by atoms with Gasteiger partial charge in [0.2, 0.25) is 0 Å². The van der Waals surface area contributed by atoms with Crippen molar-refractivity contribution in [1.29, 1.82) is 0 Å². The number of nitrogens with zero attached hydrogens (tertiary/aromatic N) is 2. The van der Waals surface area contributed by atoms with Crippen molar-refractivity contribution in [3.8, 4) is 0 Å². The number of carbonyl (C=O) groups excluding carboxylic acids is 2. The van der Waals surface area contributed by atoms with Crippen molar-refractivity contribution in [3.05, 3.63) is 29.3 Å². The van der Waals surface area contributed by atoms with Crippen LogP contribution in [0.15, 0.2) is 29.3 Å². The molecule has 2 atom stereocenters. The molecule has 0 unspecified atom stereocenters. The summed E-state index contributed by atoms with van der Waals surface area (Å²) in [5.74, 6) is -0.521. The van der Waals surface area contributed by atoms with Gasteiger partial charge in [-0.05, 0) is 45.0 Å². The Morgan fingerprint density at radius 2 is 1.93 bits per heavy atom. The molecule has 0 aromatic heterocycles. The van der Waals surface area contributed by atoms with Gasteiger partial charge in [0.05, 0.1) is 17.5 Å². The molecule has 0 bridgehead atoms. The average Bonchev–Trinajstić information content (AvgIpc) is 3.03. The van der Waals surface area contributed by atoms with Gasteiger partial charge in [0, 0.05) is 16.0 Å². The summed E-state index contributed by atoms with van der Waals surface area (Å²) < 4.78 is 29.2. The number of amidine groups is 1. The first-order valence-corrected chi connectivity index (χ1v) is 12.0. The van der Waals surface area contributed by atoms with Gasteiger partial charge in [-0.3, -0.25) is 4.79 Å². The highest BCUT2D eigenvalue weighted by molar-refractivity contribution is 8.16. The van der Waals surface area contributed by atoms with Crippen LogP contribution in [0, 0.1) is 0 Å². The highest BCUT2D eigenvalue weighted by atomic mass is 35.5. The molecule has 2 heterocycles. The average molecular weight is 460 g/mol. The van der Waals surface area contributed by atoms with Crippen molar-refractivity contribution in [1.82, 2.24) is 5.32 Å². The maximum absolute atomic E-state index is 12.3. The lowest BCUT2D eigenvalue weighted by Gasteiger charge is -2.24. The second kappa shape index (κ2) is 8.16. The zero-order valence-electron chi connectivity index (χ0n) is 16.2. The summed E-state index contributed by atoms with van der Waals surface area (Å²) in [7, 11) is -3.15. The number of benzene rings is 1. The number of alkyl carbamates (subject to hydrolysis) is 1. The quantitative estimate of drug-likeness (QED) is 0.740. The summed E-state index contributed by atoms with van der Waals surface area (Å²) in [4.78, 5) is 29.9. The number of aliphatic imine (C=N–C) groups is 1. The van der Waals surface area contributed by atoms with Crippen LogP contribution in [-0.2, 0) is 19.4 Å². The van der Waals surface area contributed by atoms with Gasteiger partial charge in [-0.25, -0.2) is 13.2 Å². The first-order chi connectivity index (χ1) is 13.4. The molecule has 0 spiro atoms. The van der Waals surface area contributed by atoms with E-state index in [9.17, 15) is 18.0 Å². The van der Waals surface area contributed by atoms with E-state index in [0.29, 0.717) is 15.9 Å². The van der Waals surface area contributed by atoms with Gasteiger partial charge in [0.1, 0.15) is 12.1 Å². The molecule has 1 N–H and O–H groups in total. The van der Waals surface area contributed by atoms with Gasteiger partial charge < -0.3 is 15.0 Å². The van der Waals surface area contributed by atoms with Gasteiger partial charge in [-0.2, -0.15) is 4.99 Å². The lowest BCUT2D eigenvalue weighted by atomic mass is 10.2. The molecule has 0 saturated carbocycles. The number of sulfone groups is 1. The summed E-state index contributed by atoms with van der Waals surface area (Å²) in [5, 5.41) is 3.13. The highest BCUT2D eigenvalue weighted by Crippen LogP contribution is 2.41. The Morgan fingerprint density at radius 1 is 1.28 bits per heavy atom. The number of carbonyl (C=O) groups is 2. The van der Waals surface area contributed by atoms with Crippen molar-refractivity contribution in [3.63, 3.8) is 0 Å². The number of ether oxygens (including phenoxy) is 1. The Morgan fingerprint density at radius 3 is 2.55 bits per heavy atom. The Bertz CT molecular complexity index is 941. The largest absolute Gasteiger partial charge is 0.444 e. The van der Waals surface area contributed by atoms with E-state index in [-0.39, 0.29) is 29.3 Å². The Hall–Kier alpha value is -1.78. The van der Waals surface area contributed by atoms with Crippen LogP contribution in [0.4, 0.5) is 10.5 Å². The van der Waals surface area contributed by atoms with Gasteiger partial charge in [0.25, 0.3) is 5.91 Å². The van der Waals surface area contributed by atoms with E-state index in [2.05, 4.69) is 10.3 Å². The number of thioether (sulfide) groups is 1. The summed E-state index contributed by atoms with van der Waals surface area (Å²) in [6.45, 7) is 4.85. The van der Waals surface area contributed by atoms with E-state index in [1.54, 1.807) is 49.9 Å². The minimum absolute atomic E-state index is 0.00331. The molecule has 1 aromatic rings. The third-order valence-electron chi connectivity index (χ3n) is 4.17. The van der Waals surface area contributed by atoms with E-state index in [0.717, 1.165) is 0 Å². The molecular weight excluding hydrogens is 438 g/mol. The molecule has 11 heteroatoms. The fourth-order valence-corrected chi connectivity index (χ4v) is 7.13. The molecule has 0 radical (unpaired) electrons. The summed E-state index contributed by atoms with van der Waals surface area (Å²) in [5.41, 5.74) is 0.0346. The maximum atomic E-state index is 12.3. The lowest BCUT2D eigenvalue weighted by Crippen LogP contribution is -2.38. The number of hydrogen-bond donors (Lipinski definition) is 1. The molecular formula is C18H22ClN3O5S2. The molecule has 0 aliphatic carbocycles. The van der Waals surface area contributed by atoms with Crippen LogP contribution in [0.1, 0.15) is 20.8 Å². The van der Waals surface area contributed by atoms with Crippen LogP contribution < -0.4 is 10.2 Å². The van der Waals surface area contributed by atoms with E-state index in [1.165, 1.54) is 11.8 Å². The normalized spacial score (nSPS) is 24.4. The monoisotopic (exact) mass is 459 g/mol. The van der Waals surface area contributed by atoms with E-state index < -0.39 is 27.4 Å². The van der Waals surface area contributed by atoms with Crippen molar-refractivity contribution in [2.75, 3.05) is 23.0 Å². The van der Waals surface area contributed by atoms with Crippen molar-refractivity contribution in [2.24, 2.45) is 4.99 Å². The molecule has 2 fully saturated rings. The van der Waals surface area contributed by atoms with Crippen molar-refractivity contribution in [2.45, 2.75) is 37.7 Å². The summed E-state index contributed by atoms with van der Waals surface area (Å²) in [6, 6.07) is 6.60. The van der Waals surface area contributed by atoms with Crippen LogP contribution >= 0.6 is 23.4 Å². The van der Waals surface area contributed by atoms with Crippen LogP contribution in [0.5, 0.6) is 0 Å². The van der Waals surface area contributed by atoms with Crippen LogP contribution in [-0.4, -0.2) is 60.5 Å². The van der Waals surface area contributed by atoms with Gasteiger partial charge in [-0.1, -0.05) is 23.4 Å². The van der Waals surface area contributed by atoms with E-state index >= 15 is 0 Å². The molecule has 3 rings (SSSR count). The molecule has 2 amide bonds. The smallest absolute Gasteiger partial charge is 0.408 e. The first-order valence-electron chi connectivity index (χ1n) is 8.94. The number of hydrogen-bond acceptors (Lipinski definition) is 6. The molecule has 2 aliphatic rings. The predicted molar refractivity (Wildman–Crippen MR) is 114 cm³/mol. The number of anilines is 1. The van der Waals surface area contributed by atoms with Gasteiger partial charge in [-0.15, -0.1) is 0 Å². The third kappa shape index (κ3) is 5.64. The molecule has 2 saturated heterocycles. The summed E-state index contributed by atoms with van der Waals surface area (Å²) >= 11 is 7.22. The molecule has 2 aliphatic heterocycles. The number of rotatable bonds is 3. The van der Waals surface area contributed by atoms with Crippen LogP contribution in [0.25, 0.3) is 0 Å². The van der Waals surface area contributed by atoms with E-state index in [4.69, 9.17) is 16.3 Å². The predicted octanol–water partition coefficient (Wildman–Crippen LogP) is 2.47. The second-order valence-corrected chi connectivity index (χ2v) is 11.6. The van der Waals surface area contributed by atoms with Crippen molar-refractivity contribution >= 4 is 56.1 Å². The molecule has 1 aromatic carbocycles. The first kappa shape index (κ1) is 21.9. The fourth-order valence-electron chi connectivity index (χ4n) is 3.08. The minimum Gasteiger partial charge on any atom is -0.444 e. The molecule has 8 nitrogen and oxygen atoms in total. The number of amides is 2. The molecule has 158 valence electrons. The number of halogens is 1. The topological polar surface area (TPSA) is 105 Å². The second-order valence-electron chi connectivity index (χ2n) is 7.79. The van der Waals surface area contributed by atoms with Crippen LogP contribution in [0.3, 0.4) is 0 Å². The SMILES string of the molecule is CC(C)(C)OC(=O)NCC(=O)N=C1S[C@@H]2CS(=O)(=O)C[C@H]2N1c1ccc(Cl)cc1. The highest BCUT2D eigenvalue weighted by Gasteiger charge is 2.49. The van der Waals surface area contributed by atoms with Gasteiger partial charge in [0.15, 0.2) is 15.0 Å². The Balaban J connectivity index is 1.77. The van der Waals surface area contributed by atoms with E-state index in [1.807, 2.05) is 0 Å². The Kier molecular flexibility index (Phi) is 6.16. The maximum Gasteiger partial charge on any atom is 0.408 e. The number of fused-ring (bicyclic) bond motifs is 1. The zero-order chi connectivity index (χ0) is 21.4.